The molecular formula is C27H24O4. The van der Waals surface area contributed by atoms with Gasteiger partial charge in [0, 0.05) is 29.7 Å². The molecule has 0 aliphatic heterocycles. The molecule has 3 aromatic carbocycles. The van der Waals surface area contributed by atoms with Gasteiger partial charge in [0.05, 0.1) is 6.61 Å². The number of carbonyl (C=O) groups is 2. The Morgan fingerprint density at radius 2 is 1.13 bits per heavy atom. The lowest BCUT2D eigenvalue weighted by Gasteiger charge is -2.10. The van der Waals surface area contributed by atoms with Crippen LogP contribution < -0.4 is 4.74 Å². The second kappa shape index (κ2) is 11.4. The van der Waals surface area contributed by atoms with Crippen molar-refractivity contribution in [3.63, 3.8) is 0 Å². The molecule has 0 atom stereocenters. The number of aliphatic hydroxyl groups excluding tert-OH is 1. The van der Waals surface area contributed by atoms with Crippen LogP contribution in [0.15, 0.2) is 66.7 Å². The summed E-state index contributed by atoms with van der Waals surface area (Å²) in [5, 5.41) is 9.06. The van der Waals surface area contributed by atoms with E-state index in [-0.39, 0.29) is 6.61 Å². The minimum atomic E-state index is 0.0740. The molecule has 156 valence electrons. The van der Waals surface area contributed by atoms with Gasteiger partial charge in [-0.2, -0.15) is 0 Å². The van der Waals surface area contributed by atoms with Gasteiger partial charge in [0.25, 0.3) is 0 Å². The van der Waals surface area contributed by atoms with Gasteiger partial charge in [-0.05, 0) is 22.8 Å². The Hall–Kier alpha value is -3.76. The van der Waals surface area contributed by atoms with Crippen LogP contribution >= 0.6 is 0 Å². The number of ether oxygens (including phenoxy) is 1. The molecule has 0 aromatic heterocycles. The Balaban J connectivity index is 1.80. The van der Waals surface area contributed by atoms with Crippen molar-refractivity contribution in [1.82, 2.24) is 0 Å². The summed E-state index contributed by atoms with van der Waals surface area (Å²) in [4.78, 5) is 21.6. The van der Waals surface area contributed by atoms with E-state index in [2.05, 4.69) is 0 Å². The Morgan fingerprint density at radius 1 is 0.645 bits per heavy atom. The van der Waals surface area contributed by atoms with Crippen LogP contribution in [0.4, 0.5) is 0 Å². The highest BCUT2D eigenvalue weighted by atomic mass is 16.5. The second-order valence-corrected chi connectivity index (χ2v) is 6.96. The van der Waals surface area contributed by atoms with Gasteiger partial charge in [-0.25, -0.2) is 0 Å². The summed E-state index contributed by atoms with van der Waals surface area (Å²) in [5.41, 5.74) is 5.16. The van der Waals surface area contributed by atoms with Crippen LogP contribution in [0.25, 0.3) is 24.3 Å². The van der Waals surface area contributed by atoms with Gasteiger partial charge in [-0.3, -0.25) is 9.59 Å². The highest BCUT2D eigenvalue weighted by molar-refractivity contribution is 5.79. The number of aldehydes is 2. The molecule has 3 aromatic rings. The molecule has 4 heteroatoms. The minimum absolute atomic E-state index is 0.0740. The van der Waals surface area contributed by atoms with Crippen LogP contribution in [-0.2, 0) is 0 Å². The van der Waals surface area contributed by atoms with E-state index in [9.17, 15) is 9.59 Å². The van der Waals surface area contributed by atoms with Crippen molar-refractivity contribution in [2.75, 3.05) is 13.2 Å². The largest absolute Gasteiger partial charge is 0.493 e. The van der Waals surface area contributed by atoms with E-state index in [1.165, 1.54) is 0 Å². The van der Waals surface area contributed by atoms with Gasteiger partial charge in [-0.15, -0.1) is 0 Å². The van der Waals surface area contributed by atoms with Crippen molar-refractivity contribution in [1.29, 1.82) is 0 Å². The van der Waals surface area contributed by atoms with Crippen LogP contribution in [0.1, 0.15) is 49.4 Å². The summed E-state index contributed by atoms with van der Waals surface area (Å²) in [6, 6.07) is 20.6. The zero-order chi connectivity index (χ0) is 21.9. The Labute approximate surface area is 182 Å². The molecule has 1 N–H and O–H groups in total. The standard InChI is InChI=1S/C27H24O4/c28-16-1-17-31-27-18-23(7-2-21-3-8-24(19-29)9-4-21)13-15-26(27)14-12-22-5-10-25(20-30)11-6-22/h2-15,18-20,28H,1,16-17H2/b7-2+,14-12+. The van der Waals surface area contributed by atoms with Crippen LogP contribution in [0.3, 0.4) is 0 Å². The average molecular weight is 412 g/mol. The van der Waals surface area contributed by atoms with Gasteiger partial charge in [-0.1, -0.05) is 85.0 Å². The lowest BCUT2D eigenvalue weighted by atomic mass is 10.1. The number of hydrogen-bond acceptors (Lipinski definition) is 4. The van der Waals surface area contributed by atoms with Gasteiger partial charge in [0.1, 0.15) is 18.3 Å². The van der Waals surface area contributed by atoms with Crippen molar-refractivity contribution in [3.05, 3.63) is 100 Å². The first-order valence-corrected chi connectivity index (χ1v) is 10.1. The monoisotopic (exact) mass is 412 g/mol. The number of hydrogen-bond donors (Lipinski definition) is 1. The number of carbonyl (C=O) groups excluding carboxylic acids is 2. The van der Waals surface area contributed by atoms with Gasteiger partial charge in [0.2, 0.25) is 0 Å². The third-order valence-corrected chi connectivity index (χ3v) is 4.67. The predicted molar refractivity (Wildman–Crippen MR) is 125 cm³/mol. The molecule has 4 nitrogen and oxygen atoms in total. The van der Waals surface area contributed by atoms with E-state index in [0.717, 1.165) is 40.6 Å². The fourth-order valence-corrected chi connectivity index (χ4v) is 2.91. The van der Waals surface area contributed by atoms with E-state index in [0.29, 0.717) is 24.2 Å². The third-order valence-electron chi connectivity index (χ3n) is 4.67. The Kier molecular flexibility index (Phi) is 8.09. The molecule has 0 fully saturated rings. The Morgan fingerprint density at radius 3 is 1.68 bits per heavy atom. The number of aliphatic hydroxyl groups is 1. The summed E-state index contributed by atoms with van der Waals surface area (Å²) < 4.78 is 5.90. The first kappa shape index (κ1) is 21.9. The molecule has 3 rings (SSSR count). The fraction of sp³-hybridized carbons (Fsp3) is 0.111. The number of benzene rings is 3. The predicted octanol–water partition coefficient (Wildman–Crippen LogP) is 5.41. The molecule has 0 saturated carbocycles. The van der Waals surface area contributed by atoms with Gasteiger partial charge >= 0.3 is 0 Å². The molecule has 0 amide bonds. The van der Waals surface area contributed by atoms with Gasteiger partial charge < -0.3 is 9.84 Å². The normalized spacial score (nSPS) is 11.1. The Bertz CT molecular complexity index is 1060. The fourth-order valence-electron chi connectivity index (χ4n) is 2.91. The first-order valence-electron chi connectivity index (χ1n) is 10.1. The summed E-state index contributed by atoms with van der Waals surface area (Å²) in [5.74, 6) is 0.729. The van der Waals surface area contributed by atoms with Crippen molar-refractivity contribution in [3.8, 4) is 5.75 Å². The third kappa shape index (κ3) is 6.63. The van der Waals surface area contributed by atoms with Gasteiger partial charge in [0.15, 0.2) is 0 Å². The summed E-state index contributed by atoms with van der Waals surface area (Å²) >= 11 is 0. The van der Waals surface area contributed by atoms with Crippen molar-refractivity contribution >= 4 is 36.9 Å². The minimum Gasteiger partial charge on any atom is -0.493 e. The smallest absolute Gasteiger partial charge is 0.150 e. The SMILES string of the molecule is O=Cc1ccc(/C=C/c2ccc(/C=C/c3ccc(C=O)cc3)c(OCCCO)c2)cc1. The first-order chi connectivity index (χ1) is 15.2. The van der Waals surface area contributed by atoms with E-state index in [1.807, 2.05) is 66.8 Å². The van der Waals surface area contributed by atoms with E-state index < -0.39 is 0 Å². The van der Waals surface area contributed by atoms with Crippen LogP contribution in [-0.4, -0.2) is 30.9 Å². The molecule has 0 radical (unpaired) electrons. The van der Waals surface area contributed by atoms with E-state index in [1.54, 1.807) is 24.3 Å². The summed E-state index contributed by atoms with van der Waals surface area (Å²) in [7, 11) is 0. The zero-order valence-corrected chi connectivity index (χ0v) is 17.1. The highest BCUT2D eigenvalue weighted by Crippen LogP contribution is 2.25. The lowest BCUT2D eigenvalue weighted by molar-refractivity contribution is 0.111. The molecule has 31 heavy (non-hydrogen) atoms. The average Bonchev–Trinajstić information content (AvgIpc) is 2.83. The summed E-state index contributed by atoms with van der Waals surface area (Å²) in [6.45, 7) is 0.496. The molecule has 0 unspecified atom stereocenters. The second-order valence-electron chi connectivity index (χ2n) is 6.96. The van der Waals surface area contributed by atoms with Crippen LogP contribution in [0, 0.1) is 0 Å². The van der Waals surface area contributed by atoms with E-state index in [4.69, 9.17) is 9.84 Å². The van der Waals surface area contributed by atoms with Crippen LogP contribution in [0.2, 0.25) is 0 Å². The molecule has 0 aliphatic carbocycles. The topological polar surface area (TPSA) is 63.6 Å². The number of rotatable bonds is 10. The molecule has 0 spiro atoms. The maximum Gasteiger partial charge on any atom is 0.150 e. The van der Waals surface area contributed by atoms with Crippen molar-refractivity contribution in [2.45, 2.75) is 6.42 Å². The van der Waals surface area contributed by atoms with Crippen molar-refractivity contribution < 1.29 is 19.4 Å². The zero-order valence-electron chi connectivity index (χ0n) is 17.1. The van der Waals surface area contributed by atoms with Crippen molar-refractivity contribution in [2.24, 2.45) is 0 Å². The summed E-state index contributed by atoms with van der Waals surface area (Å²) in [6.07, 6.45) is 10.1. The maximum atomic E-state index is 10.8. The molecular weight excluding hydrogens is 388 g/mol. The molecule has 0 bridgehead atoms. The lowest BCUT2D eigenvalue weighted by Crippen LogP contribution is -2.01. The highest BCUT2D eigenvalue weighted by Gasteiger charge is 2.03. The quantitative estimate of drug-likeness (QED) is 0.275. The van der Waals surface area contributed by atoms with E-state index >= 15 is 0 Å². The molecule has 0 heterocycles. The molecule has 0 saturated heterocycles. The molecule has 0 aliphatic rings. The van der Waals surface area contributed by atoms with Crippen LogP contribution in [0.5, 0.6) is 5.75 Å². The maximum absolute atomic E-state index is 10.8.